The largest absolute Gasteiger partial charge is 0.405 e. The fourth-order valence-corrected chi connectivity index (χ4v) is 2.83. The molecule has 1 heterocycles. The number of nitrogens with one attached hydrogen (secondary N) is 2. The van der Waals surface area contributed by atoms with Crippen LogP contribution in [0.2, 0.25) is 0 Å². The van der Waals surface area contributed by atoms with Gasteiger partial charge in [0.25, 0.3) is 5.91 Å². The van der Waals surface area contributed by atoms with Crippen LogP contribution in [0.4, 0.5) is 17.6 Å². The summed E-state index contributed by atoms with van der Waals surface area (Å²) in [5.41, 5.74) is -0.0359. The molecule has 4 nitrogen and oxygen atoms in total. The first-order valence-electron chi connectivity index (χ1n) is 7.04. The molecule has 0 saturated carbocycles. The number of hydrogen-bond donors (Lipinski definition) is 2. The number of benzene rings is 1. The number of hydrogen-bond acceptors (Lipinski definition) is 3. The summed E-state index contributed by atoms with van der Waals surface area (Å²) in [6.45, 7) is 0.866. The smallest absolute Gasteiger partial charge is 0.350 e. The Labute approximate surface area is 151 Å². The Bertz CT molecular complexity index is 567. The van der Waals surface area contributed by atoms with Gasteiger partial charge in [-0.05, 0) is 34.1 Å². The molecule has 1 fully saturated rings. The van der Waals surface area contributed by atoms with Crippen LogP contribution in [0.15, 0.2) is 22.7 Å². The number of halogens is 6. The lowest BCUT2D eigenvalue weighted by atomic mass is 10.1. The first-order chi connectivity index (χ1) is 10.8. The van der Waals surface area contributed by atoms with Gasteiger partial charge < -0.3 is 10.6 Å². The summed E-state index contributed by atoms with van der Waals surface area (Å²) < 4.78 is 53.2. The van der Waals surface area contributed by atoms with Crippen molar-refractivity contribution >= 4 is 34.2 Å². The van der Waals surface area contributed by atoms with Crippen LogP contribution >= 0.6 is 28.3 Å². The molecular formula is C14H17BrClF4N3O. The molecule has 1 saturated heterocycles. The van der Waals surface area contributed by atoms with E-state index in [1.54, 1.807) is 0 Å². The van der Waals surface area contributed by atoms with Gasteiger partial charge in [0.15, 0.2) is 0 Å². The van der Waals surface area contributed by atoms with Crippen molar-refractivity contribution < 1.29 is 22.4 Å². The summed E-state index contributed by atoms with van der Waals surface area (Å²) in [5.74, 6) is -1.38. The average Bonchev–Trinajstić information content (AvgIpc) is 2.49. The summed E-state index contributed by atoms with van der Waals surface area (Å²) >= 11 is 3.09. The van der Waals surface area contributed by atoms with E-state index in [1.165, 1.54) is 11.0 Å². The molecule has 0 bridgehead atoms. The highest BCUT2D eigenvalue weighted by molar-refractivity contribution is 9.10. The van der Waals surface area contributed by atoms with Crippen molar-refractivity contribution in [3.05, 3.63) is 34.1 Å². The van der Waals surface area contributed by atoms with Crippen LogP contribution in [0.25, 0.3) is 0 Å². The predicted molar refractivity (Wildman–Crippen MR) is 88.0 cm³/mol. The first-order valence-corrected chi connectivity index (χ1v) is 7.83. The number of amides is 1. The minimum Gasteiger partial charge on any atom is -0.350 e. The second-order valence-electron chi connectivity index (χ2n) is 5.18. The number of carbonyl (C=O) groups excluding carboxylic acids is 1. The highest BCUT2D eigenvalue weighted by Gasteiger charge is 2.43. The van der Waals surface area contributed by atoms with E-state index in [4.69, 9.17) is 0 Å². The molecule has 0 spiro atoms. The molecule has 0 radical (unpaired) electrons. The van der Waals surface area contributed by atoms with Gasteiger partial charge in [-0.25, -0.2) is 4.39 Å². The van der Waals surface area contributed by atoms with E-state index in [2.05, 4.69) is 26.6 Å². The van der Waals surface area contributed by atoms with Crippen LogP contribution in [0, 0.1) is 5.82 Å². The molecule has 0 aliphatic carbocycles. The molecule has 0 aromatic heterocycles. The molecule has 1 unspecified atom stereocenters. The Hall–Kier alpha value is -0.900. The first kappa shape index (κ1) is 21.1. The molecule has 2 N–H and O–H groups in total. The van der Waals surface area contributed by atoms with E-state index < -0.39 is 30.5 Å². The zero-order chi connectivity index (χ0) is 17.0. The van der Waals surface area contributed by atoms with Crippen molar-refractivity contribution in [2.45, 2.75) is 12.2 Å². The predicted octanol–water partition coefficient (Wildman–Crippen LogP) is 2.58. The maximum Gasteiger partial charge on any atom is 0.405 e. The van der Waals surface area contributed by atoms with E-state index >= 15 is 0 Å². The summed E-state index contributed by atoms with van der Waals surface area (Å²) in [7, 11) is 0. The molecule has 10 heteroatoms. The lowest BCUT2D eigenvalue weighted by molar-refractivity contribution is -0.183. The number of nitrogens with zero attached hydrogens (tertiary/aromatic N) is 1. The van der Waals surface area contributed by atoms with E-state index in [1.807, 2.05) is 0 Å². The quantitative estimate of drug-likeness (QED) is 0.716. The van der Waals surface area contributed by atoms with Crippen molar-refractivity contribution in [2.24, 2.45) is 0 Å². The van der Waals surface area contributed by atoms with Gasteiger partial charge in [0.2, 0.25) is 0 Å². The molecule has 136 valence electrons. The van der Waals surface area contributed by atoms with Gasteiger partial charge in [-0.15, -0.1) is 12.4 Å². The van der Waals surface area contributed by atoms with Crippen molar-refractivity contribution in [1.29, 1.82) is 0 Å². The standard InChI is InChI=1S/C14H16BrF4N3O.ClH/c15-11-2-1-9(16)7-10(11)13(23)21-8-12(14(17,18)19)22-5-3-20-4-6-22;/h1-2,7,12,20H,3-6,8H2,(H,21,23);1H. The fraction of sp³-hybridized carbons (Fsp3) is 0.500. The topological polar surface area (TPSA) is 44.4 Å². The molecular weight excluding hydrogens is 418 g/mol. The number of rotatable bonds is 4. The van der Waals surface area contributed by atoms with Gasteiger partial charge in [0, 0.05) is 37.2 Å². The zero-order valence-corrected chi connectivity index (χ0v) is 14.9. The molecule has 1 aromatic rings. The maximum absolute atomic E-state index is 13.2. The lowest BCUT2D eigenvalue weighted by Gasteiger charge is -2.35. The van der Waals surface area contributed by atoms with E-state index in [0.717, 1.165) is 12.1 Å². The highest BCUT2D eigenvalue weighted by atomic mass is 79.9. The Morgan fingerprint density at radius 1 is 1.33 bits per heavy atom. The van der Waals surface area contributed by atoms with Crippen molar-refractivity contribution in [3.8, 4) is 0 Å². The fourth-order valence-electron chi connectivity index (χ4n) is 2.40. The third-order valence-electron chi connectivity index (χ3n) is 3.60. The van der Waals surface area contributed by atoms with Crippen LogP contribution in [-0.4, -0.2) is 55.7 Å². The normalized spacial score (nSPS) is 17.0. The van der Waals surface area contributed by atoms with Crippen LogP contribution in [0.3, 0.4) is 0 Å². The second-order valence-corrected chi connectivity index (χ2v) is 6.03. The Morgan fingerprint density at radius 3 is 2.54 bits per heavy atom. The van der Waals surface area contributed by atoms with Crippen molar-refractivity contribution in [3.63, 3.8) is 0 Å². The van der Waals surface area contributed by atoms with Crippen molar-refractivity contribution in [2.75, 3.05) is 32.7 Å². The molecule has 1 atom stereocenters. The van der Waals surface area contributed by atoms with Gasteiger partial charge in [-0.3, -0.25) is 9.69 Å². The van der Waals surface area contributed by atoms with Gasteiger partial charge in [0.05, 0.1) is 5.56 Å². The molecule has 1 aliphatic heterocycles. The van der Waals surface area contributed by atoms with E-state index in [0.29, 0.717) is 17.6 Å². The average molecular weight is 435 g/mol. The Balaban J connectivity index is 0.00000288. The lowest BCUT2D eigenvalue weighted by Crippen LogP contribution is -2.57. The third-order valence-corrected chi connectivity index (χ3v) is 4.29. The SMILES string of the molecule is Cl.O=C(NCC(N1CCNCC1)C(F)(F)F)c1cc(F)ccc1Br. The van der Waals surface area contributed by atoms with Crippen LogP contribution in [0.1, 0.15) is 10.4 Å². The monoisotopic (exact) mass is 433 g/mol. The van der Waals surface area contributed by atoms with Crippen LogP contribution in [0.5, 0.6) is 0 Å². The van der Waals surface area contributed by atoms with Crippen LogP contribution < -0.4 is 10.6 Å². The number of carbonyl (C=O) groups is 1. The molecule has 24 heavy (non-hydrogen) atoms. The van der Waals surface area contributed by atoms with Gasteiger partial charge in [-0.1, -0.05) is 0 Å². The van der Waals surface area contributed by atoms with E-state index in [9.17, 15) is 22.4 Å². The molecule has 1 aromatic carbocycles. The number of alkyl halides is 3. The summed E-state index contributed by atoms with van der Waals surface area (Å²) in [6, 6.07) is 1.70. The molecule has 1 aliphatic rings. The van der Waals surface area contributed by atoms with Crippen LogP contribution in [-0.2, 0) is 0 Å². The van der Waals surface area contributed by atoms with Gasteiger partial charge in [-0.2, -0.15) is 13.2 Å². The van der Waals surface area contributed by atoms with Gasteiger partial charge >= 0.3 is 6.18 Å². The minimum atomic E-state index is -4.45. The molecule has 1 amide bonds. The Morgan fingerprint density at radius 2 is 1.96 bits per heavy atom. The number of piperazine rings is 1. The summed E-state index contributed by atoms with van der Waals surface area (Å²) in [5, 5.41) is 5.23. The summed E-state index contributed by atoms with van der Waals surface area (Å²) in [6.07, 6.45) is -4.45. The summed E-state index contributed by atoms with van der Waals surface area (Å²) in [4.78, 5) is 13.3. The third kappa shape index (κ3) is 5.58. The molecule has 2 rings (SSSR count). The highest BCUT2D eigenvalue weighted by Crippen LogP contribution is 2.25. The maximum atomic E-state index is 13.2. The minimum absolute atomic E-state index is 0. The zero-order valence-electron chi connectivity index (χ0n) is 12.5. The van der Waals surface area contributed by atoms with Gasteiger partial charge in [0.1, 0.15) is 11.9 Å². The van der Waals surface area contributed by atoms with E-state index in [-0.39, 0.29) is 31.1 Å². The second kappa shape index (κ2) is 8.98. The van der Waals surface area contributed by atoms with Crippen molar-refractivity contribution in [1.82, 2.24) is 15.5 Å². The Kier molecular flexibility index (Phi) is 7.91.